The van der Waals surface area contributed by atoms with Gasteiger partial charge in [-0.05, 0) is 55.3 Å². The summed E-state index contributed by atoms with van der Waals surface area (Å²) in [5.74, 6) is -0.439. The van der Waals surface area contributed by atoms with Crippen LogP contribution >= 0.6 is 23.4 Å². The molecule has 3 aromatic rings. The Morgan fingerprint density at radius 2 is 1.82 bits per heavy atom. The second-order valence-corrected chi connectivity index (χ2v) is 11.4. The van der Waals surface area contributed by atoms with Crippen LogP contribution in [0.2, 0.25) is 5.02 Å². The Labute approximate surface area is 209 Å². The zero-order chi connectivity index (χ0) is 24.1. The topological polar surface area (TPSA) is 75.7 Å². The third-order valence-corrected chi connectivity index (χ3v) is 8.82. The van der Waals surface area contributed by atoms with Gasteiger partial charge in [0.15, 0.2) is 0 Å². The van der Waals surface area contributed by atoms with Crippen molar-refractivity contribution in [3.05, 3.63) is 77.8 Å². The first-order valence-electron chi connectivity index (χ1n) is 10.8. The van der Waals surface area contributed by atoms with Crippen molar-refractivity contribution in [3.63, 3.8) is 0 Å². The van der Waals surface area contributed by atoms with E-state index in [1.807, 2.05) is 54.6 Å². The molecule has 1 heterocycles. The maximum atomic E-state index is 13.4. The van der Waals surface area contributed by atoms with Crippen LogP contribution in [0.15, 0.2) is 87.5 Å². The van der Waals surface area contributed by atoms with Crippen LogP contribution in [0.5, 0.6) is 5.75 Å². The molecule has 9 heteroatoms. The van der Waals surface area contributed by atoms with Gasteiger partial charge in [-0.1, -0.05) is 53.7 Å². The molecule has 0 aromatic heterocycles. The van der Waals surface area contributed by atoms with E-state index in [1.54, 1.807) is 17.8 Å². The molecule has 1 N–H and O–H groups in total. The van der Waals surface area contributed by atoms with Crippen molar-refractivity contribution in [3.8, 4) is 5.75 Å². The van der Waals surface area contributed by atoms with Gasteiger partial charge in [0.25, 0.3) is 0 Å². The van der Waals surface area contributed by atoms with Crippen LogP contribution in [-0.4, -0.2) is 38.8 Å². The number of para-hydroxylation sites is 1. The average molecular weight is 517 g/mol. The van der Waals surface area contributed by atoms with Crippen LogP contribution < -0.4 is 10.1 Å². The Bertz CT molecular complexity index is 1270. The van der Waals surface area contributed by atoms with E-state index in [4.69, 9.17) is 16.3 Å². The fourth-order valence-electron chi connectivity index (χ4n) is 3.88. The Balaban J connectivity index is 1.50. The van der Waals surface area contributed by atoms with Crippen LogP contribution in [-0.2, 0) is 14.8 Å². The van der Waals surface area contributed by atoms with Gasteiger partial charge in [-0.15, -0.1) is 0 Å². The maximum absolute atomic E-state index is 13.4. The number of amides is 1. The predicted octanol–water partition coefficient (Wildman–Crippen LogP) is 5.54. The number of carbonyl (C=O) groups excluding carboxylic acids is 1. The van der Waals surface area contributed by atoms with Crippen molar-refractivity contribution in [2.75, 3.05) is 25.5 Å². The number of ether oxygens (including phenoxy) is 1. The van der Waals surface area contributed by atoms with Crippen molar-refractivity contribution in [1.29, 1.82) is 0 Å². The minimum Gasteiger partial charge on any atom is -0.495 e. The summed E-state index contributed by atoms with van der Waals surface area (Å²) in [6.07, 6.45) is 1.19. The van der Waals surface area contributed by atoms with Crippen molar-refractivity contribution in [2.45, 2.75) is 27.5 Å². The van der Waals surface area contributed by atoms with E-state index in [1.165, 1.54) is 23.5 Å². The summed E-state index contributed by atoms with van der Waals surface area (Å²) in [7, 11) is -2.46. The van der Waals surface area contributed by atoms with Gasteiger partial charge in [0.2, 0.25) is 15.9 Å². The highest BCUT2D eigenvalue weighted by Crippen LogP contribution is 2.35. The third kappa shape index (κ3) is 5.58. The number of benzene rings is 3. The maximum Gasteiger partial charge on any atom is 0.246 e. The minimum atomic E-state index is -3.88. The summed E-state index contributed by atoms with van der Waals surface area (Å²) in [5, 5.41) is 3.32. The largest absolute Gasteiger partial charge is 0.495 e. The van der Waals surface area contributed by atoms with Crippen LogP contribution in [0.4, 0.5) is 5.69 Å². The highest BCUT2D eigenvalue weighted by Gasteiger charge is 2.35. The first kappa shape index (κ1) is 24.6. The summed E-state index contributed by atoms with van der Waals surface area (Å²) < 4.78 is 33.3. The minimum absolute atomic E-state index is 0.00756. The summed E-state index contributed by atoms with van der Waals surface area (Å²) in [6.45, 7) is 0.431. The molecular formula is C25H25ClN2O4S2. The van der Waals surface area contributed by atoms with E-state index in [0.29, 0.717) is 30.1 Å². The van der Waals surface area contributed by atoms with Crippen molar-refractivity contribution in [1.82, 2.24) is 4.31 Å². The Hall–Kier alpha value is -2.52. The first-order valence-corrected chi connectivity index (χ1v) is 13.5. The number of piperidine rings is 1. The Morgan fingerprint density at radius 3 is 2.59 bits per heavy atom. The molecule has 1 saturated heterocycles. The van der Waals surface area contributed by atoms with Gasteiger partial charge >= 0.3 is 0 Å². The number of rotatable bonds is 7. The summed E-state index contributed by atoms with van der Waals surface area (Å²) in [6, 6.07) is 22.0. The highest BCUT2D eigenvalue weighted by molar-refractivity contribution is 7.99. The van der Waals surface area contributed by atoms with E-state index in [9.17, 15) is 13.2 Å². The zero-order valence-electron chi connectivity index (χ0n) is 18.6. The molecule has 0 bridgehead atoms. The molecule has 1 aliphatic heterocycles. The van der Waals surface area contributed by atoms with Crippen LogP contribution in [0.25, 0.3) is 0 Å². The molecule has 1 atom stereocenters. The van der Waals surface area contributed by atoms with Crippen molar-refractivity contribution >= 4 is 45.0 Å². The number of nitrogens with zero attached hydrogens (tertiary/aromatic N) is 1. The zero-order valence-corrected chi connectivity index (χ0v) is 21.0. The van der Waals surface area contributed by atoms with E-state index in [2.05, 4.69) is 5.32 Å². The molecule has 0 saturated carbocycles. The fourth-order valence-corrected chi connectivity index (χ4v) is 6.74. The SMILES string of the molecule is COc1ccc(Cl)cc1S(=O)(=O)N1CCC[C@H](C(=O)Nc2ccccc2Sc2ccccc2)C1. The van der Waals surface area contributed by atoms with E-state index in [-0.39, 0.29) is 23.1 Å². The second-order valence-electron chi connectivity index (χ2n) is 7.90. The number of methoxy groups -OCH3 is 1. The summed E-state index contributed by atoms with van der Waals surface area (Å²) in [4.78, 5) is 15.2. The van der Waals surface area contributed by atoms with Gasteiger partial charge in [0, 0.05) is 27.9 Å². The lowest BCUT2D eigenvalue weighted by atomic mass is 9.99. The molecular weight excluding hydrogens is 492 g/mol. The first-order chi connectivity index (χ1) is 16.4. The normalized spacial score (nSPS) is 16.7. The smallest absolute Gasteiger partial charge is 0.246 e. The number of hydrogen-bond donors (Lipinski definition) is 1. The molecule has 3 aromatic carbocycles. The average Bonchev–Trinajstić information content (AvgIpc) is 2.86. The molecule has 0 radical (unpaired) electrons. The molecule has 6 nitrogen and oxygen atoms in total. The van der Waals surface area contributed by atoms with Gasteiger partial charge in [-0.3, -0.25) is 4.79 Å². The van der Waals surface area contributed by atoms with E-state index in [0.717, 1.165) is 9.79 Å². The quantitative estimate of drug-likeness (QED) is 0.446. The molecule has 0 unspecified atom stereocenters. The molecule has 178 valence electrons. The van der Waals surface area contributed by atoms with Crippen LogP contribution in [0, 0.1) is 5.92 Å². The highest BCUT2D eigenvalue weighted by atomic mass is 35.5. The van der Waals surface area contributed by atoms with Gasteiger partial charge < -0.3 is 10.1 Å². The number of sulfonamides is 1. The predicted molar refractivity (Wildman–Crippen MR) is 135 cm³/mol. The van der Waals surface area contributed by atoms with Gasteiger partial charge in [-0.25, -0.2) is 8.42 Å². The van der Waals surface area contributed by atoms with Crippen LogP contribution in [0.1, 0.15) is 12.8 Å². The number of nitrogens with one attached hydrogen (secondary N) is 1. The van der Waals surface area contributed by atoms with Crippen molar-refractivity contribution in [2.24, 2.45) is 5.92 Å². The van der Waals surface area contributed by atoms with Gasteiger partial charge in [0.1, 0.15) is 10.6 Å². The number of carbonyl (C=O) groups is 1. The molecule has 34 heavy (non-hydrogen) atoms. The molecule has 0 aliphatic carbocycles. The lowest BCUT2D eigenvalue weighted by Crippen LogP contribution is -2.43. The summed E-state index contributed by atoms with van der Waals surface area (Å²) >= 11 is 7.62. The standard InChI is InChI=1S/C25H25ClN2O4S2/c1-32-22-14-13-19(26)16-24(22)34(30,31)28-15-7-8-18(17-28)25(29)27-21-11-5-6-12-23(21)33-20-9-3-2-4-10-20/h2-6,9-14,16,18H,7-8,15,17H2,1H3,(H,27,29)/t18-/m0/s1. The lowest BCUT2D eigenvalue weighted by molar-refractivity contribution is -0.120. The molecule has 4 rings (SSSR count). The van der Waals surface area contributed by atoms with Gasteiger partial charge in [-0.2, -0.15) is 4.31 Å². The van der Waals surface area contributed by atoms with Crippen LogP contribution in [0.3, 0.4) is 0 Å². The molecule has 1 amide bonds. The Kier molecular flexibility index (Phi) is 7.83. The third-order valence-electron chi connectivity index (χ3n) is 5.61. The molecule has 0 spiro atoms. The molecule has 1 aliphatic rings. The van der Waals surface area contributed by atoms with E-state index < -0.39 is 15.9 Å². The monoisotopic (exact) mass is 516 g/mol. The second kappa shape index (κ2) is 10.8. The van der Waals surface area contributed by atoms with E-state index >= 15 is 0 Å². The molecule has 1 fully saturated rings. The van der Waals surface area contributed by atoms with Crippen molar-refractivity contribution < 1.29 is 17.9 Å². The Morgan fingerprint density at radius 1 is 1.09 bits per heavy atom. The number of hydrogen-bond acceptors (Lipinski definition) is 5. The summed E-state index contributed by atoms with van der Waals surface area (Å²) in [5.41, 5.74) is 0.706. The fraction of sp³-hybridized carbons (Fsp3) is 0.240. The van der Waals surface area contributed by atoms with Gasteiger partial charge in [0.05, 0.1) is 18.7 Å². The lowest BCUT2D eigenvalue weighted by Gasteiger charge is -2.31. The number of halogens is 1. The number of anilines is 1.